The van der Waals surface area contributed by atoms with Crippen LogP contribution in [0.2, 0.25) is 0 Å². The van der Waals surface area contributed by atoms with Crippen LogP contribution in [0.25, 0.3) is 0 Å². The molecular formula is C18H22N4O. The second-order valence-corrected chi connectivity index (χ2v) is 5.60. The van der Waals surface area contributed by atoms with Crippen LogP contribution in [0.3, 0.4) is 0 Å². The number of aromatic nitrogens is 2. The summed E-state index contributed by atoms with van der Waals surface area (Å²) in [5.41, 5.74) is 2.69. The lowest BCUT2D eigenvalue weighted by atomic mass is 10.0. The SMILES string of the molecule is CCN(CC)c1nccc(C(=O)N2CCCc3ccccc32)n1. The van der Waals surface area contributed by atoms with Crippen LogP contribution in [0.5, 0.6) is 0 Å². The molecule has 0 N–H and O–H groups in total. The van der Waals surface area contributed by atoms with E-state index in [1.165, 1.54) is 5.56 Å². The molecule has 1 aromatic carbocycles. The number of rotatable bonds is 4. The van der Waals surface area contributed by atoms with Gasteiger partial charge in [-0.3, -0.25) is 4.79 Å². The molecule has 5 heteroatoms. The Labute approximate surface area is 137 Å². The smallest absolute Gasteiger partial charge is 0.277 e. The highest BCUT2D eigenvalue weighted by molar-refractivity contribution is 6.05. The lowest BCUT2D eigenvalue weighted by molar-refractivity contribution is 0.0980. The Bertz CT molecular complexity index is 697. The van der Waals surface area contributed by atoms with Gasteiger partial charge in [0.1, 0.15) is 5.69 Å². The van der Waals surface area contributed by atoms with Gasteiger partial charge < -0.3 is 9.80 Å². The molecule has 0 radical (unpaired) electrons. The minimum atomic E-state index is -0.0482. The molecule has 1 aromatic heterocycles. The van der Waals surface area contributed by atoms with Crippen molar-refractivity contribution in [1.29, 1.82) is 0 Å². The molecular weight excluding hydrogens is 288 g/mol. The number of fused-ring (bicyclic) bond motifs is 1. The first-order valence-electron chi connectivity index (χ1n) is 8.22. The van der Waals surface area contributed by atoms with Gasteiger partial charge in [-0.1, -0.05) is 18.2 Å². The average Bonchev–Trinajstić information content (AvgIpc) is 2.62. The highest BCUT2D eigenvalue weighted by Gasteiger charge is 2.24. The van der Waals surface area contributed by atoms with Crippen molar-refractivity contribution in [1.82, 2.24) is 9.97 Å². The number of carbonyl (C=O) groups is 1. The molecule has 1 aliphatic heterocycles. The van der Waals surface area contributed by atoms with Crippen molar-refractivity contribution in [2.24, 2.45) is 0 Å². The Morgan fingerprint density at radius 3 is 2.78 bits per heavy atom. The fourth-order valence-corrected chi connectivity index (χ4v) is 3.01. The molecule has 23 heavy (non-hydrogen) atoms. The summed E-state index contributed by atoms with van der Waals surface area (Å²) in [7, 11) is 0. The topological polar surface area (TPSA) is 49.3 Å². The van der Waals surface area contributed by atoms with Gasteiger partial charge in [-0.05, 0) is 44.4 Å². The number of anilines is 2. The van der Waals surface area contributed by atoms with Crippen LogP contribution in [0.1, 0.15) is 36.3 Å². The van der Waals surface area contributed by atoms with Gasteiger partial charge in [0, 0.05) is 31.5 Å². The molecule has 0 saturated carbocycles. The molecule has 1 aliphatic rings. The Balaban J connectivity index is 1.91. The first kappa shape index (κ1) is 15.5. The van der Waals surface area contributed by atoms with E-state index in [1.54, 1.807) is 12.3 Å². The normalized spacial score (nSPS) is 13.6. The maximum atomic E-state index is 12.9. The molecule has 5 nitrogen and oxygen atoms in total. The van der Waals surface area contributed by atoms with Gasteiger partial charge in [-0.25, -0.2) is 9.97 Å². The van der Waals surface area contributed by atoms with E-state index in [0.717, 1.165) is 38.2 Å². The molecule has 2 heterocycles. The number of hydrogen-bond donors (Lipinski definition) is 0. The number of para-hydroxylation sites is 1. The lowest BCUT2D eigenvalue weighted by Gasteiger charge is -2.29. The van der Waals surface area contributed by atoms with Crippen molar-refractivity contribution in [3.05, 3.63) is 47.8 Å². The predicted molar refractivity (Wildman–Crippen MR) is 92.0 cm³/mol. The van der Waals surface area contributed by atoms with Crippen molar-refractivity contribution in [2.75, 3.05) is 29.4 Å². The maximum absolute atomic E-state index is 12.9. The third-order valence-electron chi connectivity index (χ3n) is 4.26. The Kier molecular flexibility index (Phi) is 4.55. The highest BCUT2D eigenvalue weighted by Crippen LogP contribution is 2.27. The largest absolute Gasteiger partial charge is 0.341 e. The van der Waals surface area contributed by atoms with Crippen molar-refractivity contribution in [3.8, 4) is 0 Å². The van der Waals surface area contributed by atoms with Gasteiger partial charge in [0.2, 0.25) is 5.95 Å². The molecule has 0 saturated heterocycles. The fraction of sp³-hybridized carbons (Fsp3) is 0.389. The second-order valence-electron chi connectivity index (χ2n) is 5.60. The maximum Gasteiger partial charge on any atom is 0.277 e. The Morgan fingerprint density at radius 2 is 2.00 bits per heavy atom. The van der Waals surface area contributed by atoms with Crippen LogP contribution in [0.4, 0.5) is 11.6 Å². The van der Waals surface area contributed by atoms with Crippen LogP contribution in [-0.4, -0.2) is 35.5 Å². The molecule has 1 amide bonds. The number of amides is 1. The van der Waals surface area contributed by atoms with E-state index >= 15 is 0 Å². The zero-order chi connectivity index (χ0) is 16.2. The molecule has 3 rings (SSSR count). The fourth-order valence-electron chi connectivity index (χ4n) is 3.01. The van der Waals surface area contributed by atoms with E-state index in [4.69, 9.17) is 0 Å². The molecule has 0 spiro atoms. The minimum Gasteiger partial charge on any atom is -0.341 e. The van der Waals surface area contributed by atoms with Crippen molar-refractivity contribution in [3.63, 3.8) is 0 Å². The lowest BCUT2D eigenvalue weighted by Crippen LogP contribution is -2.36. The summed E-state index contributed by atoms with van der Waals surface area (Å²) < 4.78 is 0. The summed E-state index contributed by atoms with van der Waals surface area (Å²) in [4.78, 5) is 25.6. The van der Waals surface area contributed by atoms with Crippen LogP contribution in [0.15, 0.2) is 36.5 Å². The number of nitrogens with zero attached hydrogens (tertiary/aromatic N) is 4. The number of hydrogen-bond acceptors (Lipinski definition) is 4. The molecule has 0 atom stereocenters. The van der Waals surface area contributed by atoms with Crippen LogP contribution in [-0.2, 0) is 6.42 Å². The van der Waals surface area contributed by atoms with Crippen molar-refractivity contribution in [2.45, 2.75) is 26.7 Å². The van der Waals surface area contributed by atoms with E-state index in [-0.39, 0.29) is 5.91 Å². The molecule has 120 valence electrons. The standard InChI is InChI=1S/C18H22N4O/c1-3-21(4-2)18-19-12-11-15(20-18)17(23)22-13-7-9-14-8-5-6-10-16(14)22/h5-6,8,10-12H,3-4,7,9,13H2,1-2H3. The van der Waals surface area contributed by atoms with E-state index in [2.05, 4.69) is 29.9 Å². The van der Waals surface area contributed by atoms with Gasteiger partial charge in [-0.2, -0.15) is 0 Å². The number of carbonyl (C=O) groups excluding carboxylic acids is 1. The summed E-state index contributed by atoms with van der Waals surface area (Å²) in [6, 6.07) is 9.81. The monoisotopic (exact) mass is 310 g/mol. The molecule has 0 bridgehead atoms. The Morgan fingerprint density at radius 1 is 1.22 bits per heavy atom. The van der Waals surface area contributed by atoms with Crippen LogP contribution < -0.4 is 9.80 Å². The van der Waals surface area contributed by atoms with Crippen LogP contribution in [0, 0.1) is 0 Å². The van der Waals surface area contributed by atoms with Gasteiger partial charge in [0.15, 0.2) is 0 Å². The summed E-state index contributed by atoms with van der Waals surface area (Å²) in [5.74, 6) is 0.569. The number of aryl methyl sites for hydroxylation is 1. The molecule has 2 aromatic rings. The summed E-state index contributed by atoms with van der Waals surface area (Å²) in [6.07, 6.45) is 3.68. The zero-order valence-corrected chi connectivity index (χ0v) is 13.7. The van der Waals surface area contributed by atoms with Crippen LogP contribution >= 0.6 is 0 Å². The minimum absolute atomic E-state index is 0.0482. The quantitative estimate of drug-likeness (QED) is 0.871. The zero-order valence-electron chi connectivity index (χ0n) is 13.7. The predicted octanol–water partition coefficient (Wildman–Crippen LogP) is 2.92. The first-order chi connectivity index (χ1) is 11.2. The summed E-state index contributed by atoms with van der Waals surface area (Å²) in [6.45, 7) is 6.49. The molecule has 0 unspecified atom stereocenters. The van der Waals surface area contributed by atoms with Gasteiger partial charge in [0.05, 0.1) is 0 Å². The Hall–Kier alpha value is -2.43. The van der Waals surface area contributed by atoms with Gasteiger partial charge in [-0.15, -0.1) is 0 Å². The molecule has 0 fully saturated rings. The van der Waals surface area contributed by atoms with Gasteiger partial charge in [0.25, 0.3) is 5.91 Å². The average molecular weight is 310 g/mol. The molecule has 0 aliphatic carbocycles. The first-order valence-corrected chi connectivity index (χ1v) is 8.22. The van der Waals surface area contributed by atoms with E-state index in [0.29, 0.717) is 11.6 Å². The summed E-state index contributed by atoms with van der Waals surface area (Å²) >= 11 is 0. The van der Waals surface area contributed by atoms with Gasteiger partial charge >= 0.3 is 0 Å². The second kappa shape index (κ2) is 6.77. The number of benzene rings is 1. The summed E-state index contributed by atoms with van der Waals surface area (Å²) in [5, 5.41) is 0. The highest BCUT2D eigenvalue weighted by atomic mass is 16.2. The van der Waals surface area contributed by atoms with Crippen molar-refractivity contribution < 1.29 is 4.79 Å². The third kappa shape index (κ3) is 3.04. The van der Waals surface area contributed by atoms with E-state index in [9.17, 15) is 4.79 Å². The van der Waals surface area contributed by atoms with Crippen molar-refractivity contribution >= 4 is 17.5 Å². The van der Waals surface area contributed by atoms with E-state index < -0.39 is 0 Å². The van der Waals surface area contributed by atoms with E-state index in [1.807, 2.05) is 28.0 Å². The third-order valence-corrected chi connectivity index (χ3v) is 4.26.